The maximum Gasteiger partial charge on any atom is 0.255 e. The number of thiazole rings is 1. The lowest BCUT2D eigenvalue weighted by atomic mass is 10.1. The first-order valence-electron chi connectivity index (χ1n) is 7.87. The average Bonchev–Trinajstić information content (AvgIpc) is 3.24. The second-order valence-corrected chi connectivity index (χ2v) is 8.25. The predicted octanol–water partition coefficient (Wildman–Crippen LogP) is 2.96. The first kappa shape index (κ1) is 17.4. The molecule has 136 valence electrons. The fourth-order valence-corrected chi connectivity index (χ4v) is 3.81. The summed E-state index contributed by atoms with van der Waals surface area (Å²) in [7, 11) is -3.78. The molecule has 4 rings (SSSR count). The molecular weight excluding hydrogens is 384 g/mol. The third-order valence-corrected chi connectivity index (χ3v) is 5.68. The molecule has 2 aromatic carbocycles. The molecule has 1 amide bonds. The van der Waals surface area contributed by atoms with E-state index in [1.807, 2.05) is 34.3 Å². The molecule has 0 aliphatic carbocycles. The van der Waals surface area contributed by atoms with Crippen LogP contribution in [-0.4, -0.2) is 23.7 Å². The molecule has 0 fully saturated rings. The van der Waals surface area contributed by atoms with Gasteiger partial charge in [-0.25, -0.2) is 18.5 Å². The fraction of sp³-hybridized carbons (Fsp3) is 0. The van der Waals surface area contributed by atoms with E-state index in [0.29, 0.717) is 11.3 Å². The molecule has 4 aromatic rings. The largest absolute Gasteiger partial charge is 0.322 e. The van der Waals surface area contributed by atoms with Crippen molar-refractivity contribution in [2.75, 3.05) is 5.32 Å². The van der Waals surface area contributed by atoms with Gasteiger partial charge in [-0.3, -0.25) is 9.20 Å². The van der Waals surface area contributed by atoms with Crippen LogP contribution in [-0.2, 0) is 10.0 Å². The minimum absolute atomic E-state index is 0.0385. The van der Waals surface area contributed by atoms with Crippen LogP contribution in [0, 0.1) is 0 Å². The van der Waals surface area contributed by atoms with Crippen molar-refractivity contribution in [1.29, 1.82) is 0 Å². The quantitative estimate of drug-likeness (QED) is 0.551. The number of carbonyl (C=O) groups excluding carboxylic acids is 1. The Hall–Kier alpha value is -3.01. The number of rotatable bonds is 4. The van der Waals surface area contributed by atoms with E-state index in [2.05, 4.69) is 10.3 Å². The molecule has 0 aliphatic rings. The van der Waals surface area contributed by atoms with E-state index in [-0.39, 0.29) is 10.8 Å². The van der Waals surface area contributed by atoms with Gasteiger partial charge in [0, 0.05) is 34.6 Å². The third-order valence-electron chi connectivity index (χ3n) is 3.98. The first-order valence-corrected chi connectivity index (χ1v) is 10.3. The predicted molar refractivity (Wildman–Crippen MR) is 104 cm³/mol. The van der Waals surface area contributed by atoms with Crippen molar-refractivity contribution in [1.82, 2.24) is 9.38 Å². The standard InChI is InChI=1S/C18H14N4O3S2/c19-27(24,25)15-7-3-13(4-8-15)17(23)20-14-5-1-12(2-6-14)16-11-22-9-10-26-18(22)21-16/h1-11H,(H,20,23)(H2,19,24,25). The number of imidazole rings is 1. The van der Waals surface area contributed by atoms with Crippen LogP contribution >= 0.6 is 11.3 Å². The Balaban J connectivity index is 1.49. The van der Waals surface area contributed by atoms with Gasteiger partial charge in [0.15, 0.2) is 4.96 Å². The minimum Gasteiger partial charge on any atom is -0.322 e. The van der Waals surface area contributed by atoms with E-state index in [1.54, 1.807) is 23.5 Å². The Labute approximate surface area is 159 Å². The summed E-state index contributed by atoms with van der Waals surface area (Å²) in [6.07, 6.45) is 3.90. The Morgan fingerprint density at radius 1 is 1.07 bits per heavy atom. The number of primary sulfonamides is 1. The number of nitrogens with one attached hydrogen (secondary N) is 1. The Morgan fingerprint density at radius 2 is 1.78 bits per heavy atom. The highest BCUT2D eigenvalue weighted by molar-refractivity contribution is 7.89. The van der Waals surface area contributed by atoms with Gasteiger partial charge in [0.1, 0.15) is 0 Å². The molecule has 0 unspecified atom stereocenters. The van der Waals surface area contributed by atoms with Crippen molar-refractivity contribution >= 4 is 37.9 Å². The number of amides is 1. The number of benzene rings is 2. The molecule has 2 heterocycles. The number of hydrogen-bond donors (Lipinski definition) is 2. The van der Waals surface area contributed by atoms with Gasteiger partial charge in [0.05, 0.1) is 10.6 Å². The highest BCUT2D eigenvalue weighted by atomic mass is 32.2. The van der Waals surface area contributed by atoms with Crippen LogP contribution in [0.3, 0.4) is 0 Å². The zero-order valence-corrected chi connectivity index (χ0v) is 15.5. The molecule has 2 aromatic heterocycles. The molecule has 9 heteroatoms. The third kappa shape index (κ3) is 3.61. The maximum absolute atomic E-state index is 12.3. The van der Waals surface area contributed by atoms with Crippen molar-refractivity contribution in [3.05, 3.63) is 71.9 Å². The Bertz CT molecular complexity index is 1200. The number of carbonyl (C=O) groups is 1. The van der Waals surface area contributed by atoms with Crippen LogP contribution in [0.1, 0.15) is 10.4 Å². The summed E-state index contributed by atoms with van der Waals surface area (Å²) in [6.45, 7) is 0. The maximum atomic E-state index is 12.3. The minimum atomic E-state index is -3.78. The number of fused-ring (bicyclic) bond motifs is 1. The Kier molecular flexibility index (Phi) is 4.27. The van der Waals surface area contributed by atoms with E-state index in [9.17, 15) is 13.2 Å². The molecule has 0 saturated carbocycles. The summed E-state index contributed by atoms with van der Waals surface area (Å²) in [5.41, 5.74) is 2.76. The highest BCUT2D eigenvalue weighted by Crippen LogP contribution is 2.23. The second kappa shape index (κ2) is 6.62. The molecule has 3 N–H and O–H groups in total. The lowest BCUT2D eigenvalue weighted by Gasteiger charge is -2.06. The summed E-state index contributed by atoms with van der Waals surface area (Å²) in [4.78, 5) is 17.7. The van der Waals surface area contributed by atoms with Crippen LogP contribution in [0.15, 0.2) is 71.2 Å². The molecule has 0 radical (unpaired) electrons. The monoisotopic (exact) mass is 398 g/mol. The summed E-state index contributed by atoms with van der Waals surface area (Å²) in [5, 5.41) is 9.80. The summed E-state index contributed by atoms with van der Waals surface area (Å²) < 4.78 is 24.5. The van der Waals surface area contributed by atoms with Gasteiger partial charge < -0.3 is 5.32 Å². The normalized spacial score (nSPS) is 11.6. The zero-order valence-electron chi connectivity index (χ0n) is 13.9. The molecule has 0 bridgehead atoms. The zero-order chi connectivity index (χ0) is 19.0. The van der Waals surface area contributed by atoms with Gasteiger partial charge in [-0.05, 0) is 36.4 Å². The number of sulfonamides is 1. The number of anilines is 1. The van der Waals surface area contributed by atoms with Gasteiger partial charge >= 0.3 is 0 Å². The smallest absolute Gasteiger partial charge is 0.255 e. The van der Waals surface area contributed by atoms with Crippen molar-refractivity contribution < 1.29 is 13.2 Å². The molecule has 0 atom stereocenters. The highest BCUT2D eigenvalue weighted by Gasteiger charge is 2.11. The van der Waals surface area contributed by atoms with Gasteiger partial charge in [-0.15, -0.1) is 11.3 Å². The van der Waals surface area contributed by atoms with Gasteiger partial charge in [0.25, 0.3) is 5.91 Å². The van der Waals surface area contributed by atoms with Crippen LogP contribution in [0.5, 0.6) is 0 Å². The van der Waals surface area contributed by atoms with E-state index in [4.69, 9.17) is 5.14 Å². The molecular formula is C18H14N4O3S2. The van der Waals surface area contributed by atoms with Gasteiger partial charge in [-0.1, -0.05) is 12.1 Å². The number of aromatic nitrogens is 2. The number of hydrogen-bond acceptors (Lipinski definition) is 5. The van der Waals surface area contributed by atoms with E-state index in [0.717, 1.165) is 16.2 Å². The van der Waals surface area contributed by atoms with E-state index >= 15 is 0 Å². The average molecular weight is 398 g/mol. The van der Waals surface area contributed by atoms with Crippen LogP contribution in [0.4, 0.5) is 5.69 Å². The number of nitrogens with two attached hydrogens (primary N) is 1. The van der Waals surface area contributed by atoms with Crippen molar-refractivity contribution in [2.45, 2.75) is 4.90 Å². The summed E-state index contributed by atoms with van der Waals surface area (Å²) >= 11 is 1.56. The molecule has 0 aliphatic heterocycles. The number of nitrogens with zero attached hydrogens (tertiary/aromatic N) is 2. The lowest BCUT2D eigenvalue weighted by molar-refractivity contribution is 0.102. The molecule has 7 nitrogen and oxygen atoms in total. The van der Waals surface area contributed by atoms with Crippen molar-refractivity contribution in [3.63, 3.8) is 0 Å². The summed E-state index contributed by atoms with van der Waals surface area (Å²) in [6, 6.07) is 12.8. The SMILES string of the molecule is NS(=O)(=O)c1ccc(C(=O)Nc2ccc(-c3cn4ccsc4n3)cc2)cc1. The Morgan fingerprint density at radius 3 is 2.41 bits per heavy atom. The molecule has 0 saturated heterocycles. The molecule has 0 spiro atoms. The van der Waals surface area contributed by atoms with Gasteiger partial charge in [0.2, 0.25) is 10.0 Å². The lowest BCUT2D eigenvalue weighted by Crippen LogP contribution is -2.14. The van der Waals surface area contributed by atoms with Crippen LogP contribution in [0.25, 0.3) is 16.2 Å². The second-order valence-electron chi connectivity index (χ2n) is 5.82. The topological polar surface area (TPSA) is 107 Å². The van der Waals surface area contributed by atoms with E-state index < -0.39 is 10.0 Å². The van der Waals surface area contributed by atoms with Crippen LogP contribution < -0.4 is 10.5 Å². The van der Waals surface area contributed by atoms with Crippen LogP contribution in [0.2, 0.25) is 0 Å². The first-order chi connectivity index (χ1) is 12.9. The van der Waals surface area contributed by atoms with Crippen molar-refractivity contribution in [3.8, 4) is 11.3 Å². The fourth-order valence-electron chi connectivity index (χ4n) is 2.59. The van der Waals surface area contributed by atoms with Crippen molar-refractivity contribution in [2.24, 2.45) is 5.14 Å². The van der Waals surface area contributed by atoms with E-state index in [1.165, 1.54) is 24.3 Å². The summed E-state index contributed by atoms with van der Waals surface area (Å²) in [5.74, 6) is -0.341. The van der Waals surface area contributed by atoms with Gasteiger partial charge in [-0.2, -0.15) is 0 Å². The molecule has 27 heavy (non-hydrogen) atoms.